The Kier molecular flexibility index (Phi) is 6.01. The zero-order chi connectivity index (χ0) is 19.2. The van der Waals surface area contributed by atoms with Crippen molar-refractivity contribution in [3.05, 3.63) is 54.9 Å². The summed E-state index contributed by atoms with van der Waals surface area (Å²) in [5.74, 6) is 1.31. The highest BCUT2D eigenvalue weighted by atomic mass is 32.2. The van der Waals surface area contributed by atoms with Gasteiger partial charge in [0, 0.05) is 36.7 Å². The molecule has 0 aliphatic carbocycles. The number of nitrogens with zero attached hydrogens (tertiary/aromatic N) is 5. The van der Waals surface area contributed by atoms with Crippen molar-refractivity contribution in [1.82, 2.24) is 24.6 Å². The van der Waals surface area contributed by atoms with Gasteiger partial charge in [-0.05, 0) is 37.1 Å². The zero-order valence-corrected chi connectivity index (χ0v) is 16.5. The lowest BCUT2D eigenvalue weighted by Gasteiger charge is -2.20. The molecule has 3 heterocycles. The number of para-hydroxylation sites is 1. The number of benzene rings is 1. The molecule has 0 N–H and O–H groups in total. The number of hydrogen-bond donors (Lipinski definition) is 0. The van der Waals surface area contributed by atoms with E-state index >= 15 is 0 Å². The molecule has 1 aromatic carbocycles. The van der Waals surface area contributed by atoms with Gasteiger partial charge in [-0.3, -0.25) is 14.3 Å². The summed E-state index contributed by atoms with van der Waals surface area (Å²) in [5, 5.41) is 9.52. The maximum Gasteiger partial charge on any atom is 0.233 e. The lowest BCUT2D eigenvalue weighted by Crippen LogP contribution is -2.33. The molecule has 0 unspecified atom stereocenters. The first kappa shape index (κ1) is 18.7. The van der Waals surface area contributed by atoms with Gasteiger partial charge in [-0.2, -0.15) is 0 Å². The average Bonchev–Trinajstić information content (AvgIpc) is 2.98. The van der Waals surface area contributed by atoms with Crippen molar-refractivity contribution in [2.75, 3.05) is 18.8 Å². The number of carbonyl (C=O) groups excluding carboxylic acids is 1. The van der Waals surface area contributed by atoms with Crippen LogP contribution in [0.25, 0.3) is 17.1 Å². The van der Waals surface area contributed by atoms with Crippen molar-refractivity contribution in [1.29, 1.82) is 0 Å². The van der Waals surface area contributed by atoms with Crippen molar-refractivity contribution in [2.45, 2.75) is 30.8 Å². The van der Waals surface area contributed by atoms with Gasteiger partial charge in [0.2, 0.25) is 5.91 Å². The van der Waals surface area contributed by atoms with Crippen LogP contribution in [0.2, 0.25) is 0 Å². The summed E-state index contributed by atoms with van der Waals surface area (Å²) in [6, 6.07) is 13.8. The molecule has 1 saturated heterocycles. The molecule has 28 heavy (non-hydrogen) atoms. The molecule has 3 aromatic rings. The van der Waals surface area contributed by atoms with Gasteiger partial charge in [-0.1, -0.05) is 42.8 Å². The molecule has 7 heteroatoms. The second kappa shape index (κ2) is 9.01. The molecule has 0 atom stereocenters. The van der Waals surface area contributed by atoms with E-state index < -0.39 is 0 Å². The van der Waals surface area contributed by atoms with E-state index in [0.29, 0.717) is 5.75 Å². The van der Waals surface area contributed by atoms with Gasteiger partial charge in [0.05, 0.1) is 5.75 Å². The van der Waals surface area contributed by atoms with E-state index in [4.69, 9.17) is 0 Å². The molecule has 4 rings (SSSR count). The predicted octanol–water partition coefficient (Wildman–Crippen LogP) is 3.82. The van der Waals surface area contributed by atoms with Crippen LogP contribution in [0, 0.1) is 0 Å². The van der Waals surface area contributed by atoms with Crippen LogP contribution < -0.4 is 0 Å². The van der Waals surface area contributed by atoms with Crippen LogP contribution in [0.1, 0.15) is 25.7 Å². The molecule has 6 nitrogen and oxygen atoms in total. The largest absolute Gasteiger partial charge is 0.342 e. The Morgan fingerprint density at radius 2 is 1.64 bits per heavy atom. The summed E-state index contributed by atoms with van der Waals surface area (Å²) in [4.78, 5) is 18.8. The summed E-state index contributed by atoms with van der Waals surface area (Å²) < 4.78 is 2.01. The predicted molar refractivity (Wildman–Crippen MR) is 110 cm³/mol. The minimum atomic E-state index is 0.181. The van der Waals surface area contributed by atoms with Gasteiger partial charge < -0.3 is 4.90 Å². The third-order valence-corrected chi connectivity index (χ3v) is 5.78. The quantitative estimate of drug-likeness (QED) is 0.617. The number of rotatable bonds is 5. The van der Waals surface area contributed by atoms with E-state index in [9.17, 15) is 4.79 Å². The first-order valence-corrected chi connectivity index (χ1v) is 10.6. The van der Waals surface area contributed by atoms with Gasteiger partial charge in [-0.25, -0.2) is 0 Å². The second-order valence-corrected chi connectivity index (χ2v) is 7.74. The topological polar surface area (TPSA) is 63.9 Å². The number of aromatic nitrogens is 4. The van der Waals surface area contributed by atoms with Crippen LogP contribution >= 0.6 is 11.8 Å². The number of likely N-dealkylation sites (tertiary alicyclic amines) is 1. The van der Waals surface area contributed by atoms with Crippen LogP contribution in [0.15, 0.2) is 60.0 Å². The minimum Gasteiger partial charge on any atom is -0.342 e. The van der Waals surface area contributed by atoms with Crippen LogP contribution in [-0.4, -0.2) is 49.4 Å². The normalized spacial score (nSPS) is 14.6. The third kappa shape index (κ3) is 4.25. The summed E-state index contributed by atoms with van der Waals surface area (Å²) in [5.41, 5.74) is 1.92. The highest BCUT2D eigenvalue weighted by Gasteiger charge is 2.20. The number of pyridine rings is 1. The van der Waals surface area contributed by atoms with E-state index in [0.717, 1.165) is 48.2 Å². The van der Waals surface area contributed by atoms with Gasteiger partial charge in [0.25, 0.3) is 0 Å². The first-order valence-electron chi connectivity index (χ1n) is 9.65. The molecular formula is C21H23N5OS. The number of carbonyl (C=O) groups is 1. The molecule has 1 fully saturated rings. The summed E-state index contributed by atoms with van der Waals surface area (Å²) in [7, 11) is 0. The molecule has 2 aromatic heterocycles. The van der Waals surface area contributed by atoms with Gasteiger partial charge in [0.1, 0.15) is 0 Å². The maximum absolute atomic E-state index is 12.7. The smallest absolute Gasteiger partial charge is 0.233 e. The van der Waals surface area contributed by atoms with Crippen molar-refractivity contribution in [3.8, 4) is 17.1 Å². The Hall–Kier alpha value is -2.67. The summed E-state index contributed by atoms with van der Waals surface area (Å²) >= 11 is 1.45. The maximum atomic E-state index is 12.7. The number of amides is 1. The van der Waals surface area contributed by atoms with E-state index in [2.05, 4.69) is 15.2 Å². The lowest BCUT2D eigenvalue weighted by molar-refractivity contribution is -0.128. The average molecular weight is 394 g/mol. The van der Waals surface area contributed by atoms with Crippen molar-refractivity contribution >= 4 is 17.7 Å². The zero-order valence-electron chi connectivity index (χ0n) is 15.7. The standard InChI is InChI=1S/C21H23N5OS/c27-19(25-14-6-1-2-7-15-25)16-28-21-24-23-20(17-10-12-22-13-11-17)26(21)18-8-4-3-5-9-18/h3-5,8-13H,1-2,6-7,14-16H2. The fourth-order valence-electron chi connectivity index (χ4n) is 3.40. The molecule has 1 aliphatic heterocycles. The van der Waals surface area contributed by atoms with Crippen molar-refractivity contribution in [3.63, 3.8) is 0 Å². The van der Waals surface area contributed by atoms with E-state index in [1.807, 2.05) is 51.9 Å². The van der Waals surface area contributed by atoms with Crippen molar-refractivity contribution < 1.29 is 4.79 Å². The highest BCUT2D eigenvalue weighted by molar-refractivity contribution is 7.99. The monoisotopic (exact) mass is 393 g/mol. The number of thioether (sulfide) groups is 1. The Bertz CT molecular complexity index is 905. The molecule has 144 valence electrons. The van der Waals surface area contributed by atoms with Gasteiger partial charge in [0.15, 0.2) is 11.0 Å². The third-order valence-electron chi connectivity index (χ3n) is 4.87. The molecule has 1 amide bonds. The Morgan fingerprint density at radius 3 is 2.36 bits per heavy atom. The Balaban J connectivity index is 1.58. The van der Waals surface area contributed by atoms with E-state index in [1.54, 1.807) is 12.4 Å². The molecule has 0 spiro atoms. The fourth-order valence-corrected chi connectivity index (χ4v) is 4.25. The van der Waals surface area contributed by atoms with E-state index in [-0.39, 0.29) is 5.91 Å². The van der Waals surface area contributed by atoms with Crippen LogP contribution in [0.4, 0.5) is 0 Å². The van der Waals surface area contributed by atoms with Crippen LogP contribution in [-0.2, 0) is 4.79 Å². The Morgan fingerprint density at radius 1 is 0.929 bits per heavy atom. The first-order chi connectivity index (χ1) is 13.8. The fraction of sp³-hybridized carbons (Fsp3) is 0.333. The van der Waals surface area contributed by atoms with Gasteiger partial charge in [-0.15, -0.1) is 10.2 Å². The van der Waals surface area contributed by atoms with E-state index in [1.165, 1.54) is 24.6 Å². The van der Waals surface area contributed by atoms with Crippen LogP contribution in [0.3, 0.4) is 0 Å². The molecular weight excluding hydrogens is 370 g/mol. The second-order valence-electron chi connectivity index (χ2n) is 6.80. The van der Waals surface area contributed by atoms with Gasteiger partial charge >= 0.3 is 0 Å². The summed E-state index contributed by atoms with van der Waals surface area (Å²) in [6.07, 6.45) is 8.12. The minimum absolute atomic E-state index is 0.181. The lowest BCUT2D eigenvalue weighted by atomic mass is 10.2. The SMILES string of the molecule is O=C(CSc1nnc(-c2ccncc2)n1-c1ccccc1)N1CCCCCC1. The molecule has 1 aliphatic rings. The summed E-state index contributed by atoms with van der Waals surface area (Å²) in [6.45, 7) is 1.74. The Labute approximate surface area is 169 Å². The van der Waals surface area contributed by atoms with Crippen molar-refractivity contribution in [2.24, 2.45) is 0 Å². The molecule has 0 bridgehead atoms. The molecule has 0 radical (unpaired) electrons. The number of hydrogen-bond acceptors (Lipinski definition) is 5. The molecule has 0 saturated carbocycles. The van der Waals surface area contributed by atoms with Crippen LogP contribution in [0.5, 0.6) is 0 Å². The highest BCUT2D eigenvalue weighted by Crippen LogP contribution is 2.28.